The van der Waals surface area contributed by atoms with Crippen molar-refractivity contribution in [1.29, 1.82) is 0 Å². The van der Waals surface area contributed by atoms with Crippen molar-refractivity contribution in [2.45, 2.75) is 31.3 Å². The quantitative estimate of drug-likeness (QED) is 0.554. The van der Waals surface area contributed by atoms with Crippen LogP contribution in [0.4, 0.5) is 0 Å². The highest BCUT2D eigenvalue weighted by atomic mass is 16.5. The van der Waals surface area contributed by atoms with Crippen molar-refractivity contribution in [2.24, 2.45) is 5.92 Å². The van der Waals surface area contributed by atoms with Gasteiger partial charge in [-0.25, -0.2) is 0 Å². The molecule has 0 spiro atoms. The first-order valence-electron chi connectivity index (χ1n) is 8.19. The number of methoxy groups -OCH3 is 1. The van der Waals surface area contributed by atoms with Crippen molar-refractivity contribution in [3.8, 4) is 0 Å². The highest BCUT2D eigenvalue weighted by Crippen LogP contribution is 2.31. The van der Waals surface area contributed by atoms with Crippen LogP contribution in [0.5, 0.6) is 0 Å². The Bertz CT molecular complexity index is 324. The van der Waals surface area contributed by atoms with Gasteiger partial charge in [-0.15, -0.1) is 0 Å². The van der Waals surface area contributed by atoms with Gasteiger partial charge in [-0.2, -0.15) is 0 Å². The normalized spacial score (nSPS) is 28.7. The number of ketones is 1. The number of morpholine rings is 1. The van der Waals surface area contributed by atoms with Gasteiger partial charge in [-0.3, -0.25) is 9.69 Å². The number of rotatable bonds is 10. The van der Waals surface area contributed by atoms with E-state index in [-0.39, 0.29) is 5.92 Å². The first kappa shape index (κ1) is 17.8. The molecule has 2 heterocycles. The van der Waals surface area contributed by atoms with Crippen molar-refractivity contribution in [3.63, 3.8) is 0 Å². The van der Waals surface area contributed by atoms with E-state index in [0.29, 0.717) is 57.3 Å². The Morgan fingerprint density at radius 2 is 1.64 bits per heavy atom. The molecule has 0 amide bonds. The van der Waals surface area contributed by atoms with Gasteiger partial charge in [-0.05, 0) is 19.9 Å². The van der Waals surface area contributed by atoms with Gasteiger partial charge in [0.2, 0.25) is 0 Å². The van der Waals surface area contributed by atoms with Crippen LogP contribution in [-0.2, 0) is 23.7 Å². The standard InChI is InChI=1S/C16H29NO5/c1-17-14-9-13(10-15(17)12-22-11-14)16(18)3-4-20-7-8-21-6-5-19-2/h13-15H,3-12H2,1-2H3. The molecular formula is C16H29NO5. The Balaban J connectivity index is 1.56. The number of carbonyl (C=O) groups excluding carboxylic acids is 1. The van der Waals surface area contributed by atoms with Gasteiger partial charge in [0.25, 0.3) is 0 Å². The highest BCUT2D eigenvalue weighted by molar-refractivity contribution is 5.81. The Labute approximate surface area is 133 Å². The molecule has 128 valence electrons. The van der Waals surface area contributed by atoms with Gasteiger partial charge in [0, 0.05) is 31.5 Å². The van der Waals surface area contributed by atoms with E-state index in [0.717, 1.165) is 26.1 Å². The minimum atomic E-state index is 0.177. The van der Waals surface area contributed by atoms with Crippen molar-refractivity contribution in [1.82, 2.24) is 4.90 Å². The molecule has 2 aliphatic heterocycles. The maximum Gasteiger partial charge on any atom is 0.138 e. The molecule has 0 aliphatic carbocycles. The molecule has 6 nitrogen and oxygen atoms in total. The summed E-state index contributed by atoms with van der Waals surface area (Å²) in [4.78, 5) is 14.7. The zero-order chi connectivity index (χ0) is 15.8. The van der Waals surface area contributed by atoms with Crippen molar-refractivity contribution in [3.05, 3.63) is 0 Å². The van der Waals surface area contributed by atoms with Crippen LogP contribution < -0.4 is 0 Å². The molecule has 0 aromatic carbocycles. The maximum absolute atomic E-state index is 12.3. The van der Waals surface area contributed by atoms with E-state index in [1.807, 2.05) is 0 Å². The lowest BCUT2D eigenvalue weighted by atomic mass is 9.82. The molecule has 2 bridgehead atoms. The largest absolute Gasteiger partial charge is 0.382 e. The molecule has 2 aliphatic rings. The van der Waals surface area contributed by atoms with E-state index in [2.05, 4.69) is 11.9 Å². The number of Topliss-reactive ketones (excluding diaryl/α,β-unsaturated/α-hetero) is 1. The summed E-state index contributed by atoms with van der Waals surface area (Å²) < 4.78 is 21.2. The topological polar surface area (TPSA) is 57.2 Å². The summed E-state index contributed by atoms with van der Waals surface area (Å²) in [5, 5.41) is 0. The van der Waals surface area contributed by atoms with Gasteiger partial charge in [0.15, 0.2) is 0 Å². The number of fused-ring (bicyclic) bond motifs is 2. The fourth-order valence-corrected chi connectivity index (χ4v) is 3.20. The van der Waals surface area contributed by atoms with Crippen LogP contribution in [0.25, 0.3) is 0 Å². The number of ether oxygens (including phenoxy) is 4. The Morgan fingerprint density at radius 1 is 1.05 bits per heavy atom. The third-order valence-corrected chi connectivity index (χ3v) is 4.64. The summed E-state index contributed by atoms with van der Waals surface area (Å²) in [5.74, 6) is 0.516. The Morgan fingerprint density at radius 3 is 2.27 bits per heavy atom. The van der Waals surface area contributed by atoms with E-state index >= 15 is 0 Å². The lowest BCUT2D eigenvalue weighted by molar-refractivity contribution is -0.132. The van der Waals surface area contributed by atoms with Gasteiger partial charge < -0.3 is 18.9 Å². The molecule has 0 aromatic heterocycles. The summed E-state index contributed by atoms with van der Waals surface area (Å²) in [6.45, 7) is 4.26. The monoisotopic (exact) mass is 315 g/mol. The minimum absolute atomic E-state index is 0.177. The van der Waals surface area contributed by atoms with E-state index in [9.17, 15) is 4.79 Å². The molecular weight excluding hydrogens is 286 g/mol. The second-order valence-electron chi connectivity index (χ2n) is 6.11. The number of piperidine rings is 1. The van der Waals surface area contributed by atoms with Gasteiger partial charge in [0.1, 0.15) is 5.78 Å². The third-order valence-electron chi connectivity index (χ3n) is 4.64. The first-order valence-corrected chi connectivity index (χ1v) is 8.19. The van der Waals surface area contributed by atoms with Gasteiger partial charge in [-0.1, -0.05) is 0 Å². The van der Waals surface area contributed by atoms with Crippen molar-refractivity contribution in [2.75, 3.05) is 60.4 Å². The van der Waals surface area contributed by atoms with E-state index < -0.39 is 0 Å². The van der Waals surface area contributed by atoms with Crippen molar-refractivity contribution >= 4 is 5.78 Å². The molecule has 22 heavy (non-hydrogen) atoms. The van der Waals surface area contributed by atoms with Crippen LogP contribution in [0.15, 0.2) is 0 Å². The molecule has 6 heteroatoms. The van der Waals surface area contributed by atoms with Crippen LogP contribution in [0.3, 0.4) is 0 Å². The predicted molar refractivity (Wildman–Crippen MR) is 82.0 cm³/mol. The molecule has 2 saturated heterocycles. The smallest absolute Gasteiger partial charge is 0.138 e. The zero-order valence-corrected chi connectivity index (χ0v) is 13.8. The molecule has 0 aromatic rings. The molecule has 0 N–H and O–H groups in total. The Kier molecular flexibility index (Phi) is 7.75. The summed E-state index contributed by atoms with van der Waals surface area (Å²) in [6, 6.07) is 0.799. The molecule has 0 radical (unpaired) electrons. The first-order chi connectivity index (χ1) is 10.7. The summed E-state index contributed by atoms with van der Waals surface area (Å²) in [7, 11) is 3.79. The van der Waals surface area contributed by atoms with E-state index in [1.54, 1.807) is 7.11 Å². The van der Waals surface area contributed by atoms with Crippen LogP contribution >= 0.6 is 0 Å². The summed E-state index contributed by atoms with van der Waals surface area (Å²) >= 11 is 0. The van der Waals surface area contributed by atoms with E-state index in [4.69, 9.17) is 18.9 Å². The SMILES string of the molecule is COCCOCCOCCC(=O)C1CC2COCC(C1)N2C. The average molecular weight is 315 g/mol. The van der Waals surface area contributed by atoms with E-state index in [1.165, 1.54) is 0 Å². The second-order valence-corrected chi connectivity index (χ2v) is 6.11. The van der Waals surface area contributed by atoms with Crippen molar-refractivity contribution < 1.29 is 23.7 Å². The number of hydrogen-bond donors (Lipinski definition) is 0. The Hall–Kier alpha value is -0.530. The average Bonchev–Trinajstić information content (AvgIpc) is 2.49. The summed E-state index contributed by atoms with van der Waals surface area (Å²) in [6.07, 6.45) is 2.35. The minimum Gasteiger partial charge on any atom is -0.382 e. The lowest BCUT2D eigenvalue weighted by Gasteiger charge is -2.46. The molecule has 0 saturated carbocycles. The molecule has 2 fully saturated rings. The third kappa shape index (κ3) is 5.28. The number of nitrogens with zero attached hydrogens (tertiary/aromatic N) is 1. The lowest BCUT2D eigenvalue weighted by Crippen LogP contribution is -2.55. The zero-order valence-electron chi connectivity index (χ0n) is 13.8. The second kappa shape index (κ2) is 9.57. The van der Waals surface area contributed by atoms with Gasteiger partial charge in [0.05, 0.1) is 46.2 Å². The number of likely N-dealkylation sites (N-methyl/N-ethyl adjacent to an activating group) is 1. The van der Waals surface area contributed by atoms with Crippen LogP contribution in [0.1, 0.15) is 19.3 Å². The molecule has 2 atom stereocenters. The summed E-state index contributed by atoms with van der Waals surface area (Å²) in [5.41, 5.74) is 0. The van der Waals surface area contributed by atoms with Crippen LogP contribution in [0.2, 0.25) is 0 Å². The predicted octanol–water partition coefficient (Wildman–Crippen LogP) is 0.734. The highest BCUT2D eigenvalue weighted by Gasteiger charge is 2.38. The number of hydrogen-bond acceptors (Lipinski definition) is 6. The molecule has 2 unspecified atom stereocenters. The number of carbonyl (C=O) groups is 1. The molecule has 2 rings (SSSR count). The maximum atomic E-state index is 12.3. The van der Waals surface area contributed by atoms with Gasteiger partial charge >= 0.3 is 0 Å². The van der Waals surface area contributed by atoms with Crippen LogP contribution in [-0.4, -0.2) is 83.2 Å². The fraction of sp³-hybridized carbons (Fsp3) is 0.938. The van der Waals surface area contributed by atoms with Crippen LogP contribution in [0, 0.1) is 5.92 Å². The fourth-order valence-electron chi connectivity index (χ4n) is 3.20.